The molecule has 3 aliphatic rings. The predicted molar refractivity (Wildman–Crippen MR) is 132 cm³/mol. The summed E-state index contributed by atoms with van der Waals surface area (Å²) in [5.41, 5.74) is 0.777. The molecule has 1 N–H and O–H groups in total. The summed E-state index contributed by atoms with van der Waals surface area (Å²) >= 11 is 0. The molecular weight excluding hydrogens is 444 g/mol. The highest BCUT2D eigenvalue weighted by molar-refractivity contribution is 5.79. The minimum absolute atomic E-state index is 0.0630. The van der Waals surface area contributed by atoms with E-state index in [1.165, 1.54) is 0 Å². The fourth-order valence-electron chi connectivity index (χ4n) is 6.27. The molecule has 3 fully saturated rings. The number of hydrogen-bond donors (Lipinski definition) is 1. The number of nitrogens with one attached hydrogen (secondary N) is 1. The Morgan fingerprint density at radius 1 is 1.20 bits per heavy atom. The first-order chi connectivity index (χ1) is 16.7. The summed E-state index contributed by atoms with van der Waals surface area (Å²) in [5.74, 6) is 2.23. The molecule has 2 bridgehead atoms. The van der Waals surface area contributed by atoms with Crippen LogP contribution in [0.2, 0.25) is 0 Å². The van der Waals surface area contributed by atoms with E-state index in [-0.39, 0.29) is 48.1 Å². The Labute approximate surface area is 209 Å². The van der Waals surface area contributed by atoms with Crippen LogP contribution in [-0.2, 0) is 20.8 Å². The first kappa shape index (κ1) is 25.7. The lowest BCUT2D eigenvalue weighted by molar-refractivity contribution is -0.146. The maximum absolute atomic E-state index is 13.5. The van der Waals surface area contributed by atoms with Crippen LogP contribution in [0.15, 0.2) is 10.6 Å². The van der Waals surface area contributed by atoms with E-state index >= 15 is 0 Å². The van der Waals surface area contributed by atoms with E-state index in [1.807, 2.05) is 17.9 Å². The molecule has 8 nitrogen and oxygen atoms in total. The van der Waals surface area contributed by atoms with Gasteiger partial charge in [-0.1, -0.05) is 25.9 Å². The van der Waals surface area contributed by atoms with Gasteiger partial charge in [0.25, 0.3) is 0 Å². The van der Waals surface area contributed by atoms with Gasteiger partial charge in [0.1, 0.15) is 5.76 Å². The first-order valence-corrected chi connectivity index (χ1v) is 13.5. The van der Waals surface area contributed by atoms with E-state index in [9.17, 15) is 14.4 Å². The smallest absolute Gasteiger partial charge is 0.230 e. The second-order valence-electron chi connectivity index (χ2n) is 11.6. The van der Waals surface area contributed by atoms with Crippen molar-refractivity contribution < 1.29 is 18.9 Å². The lowest BCUT2D eigenvalue weighted by Crippen LogP contribution is -2.60. The Hall–Kier alpha value is -2.38. The molecular formula is C27H42N4O4. The highest BCUT2D eigenvalue weighted by Crippen LogP contribution is 2.36. The highest BCUT2D eigenvalue weighted by Gasteiger charge is 2.43. The summed E-state index contributed by atoms with van der Waals surface area (Å²) < 4.78 is 5.26. The molecule has 0 spiro atoms. The van der Waals surface area contributed by atoms with Gasteiger partial charge in [0.15, 0.2) is 0 Å². The van der Waals surface area contributed by atoms with Crippen LogP contribution in [0, 0.1) is 30.6 Å². The average molecular weight is 487 g/mol. The number of piperidine rings is 2. The number of carbonyl (C=O) groups is 3. The third-order valence-electron chi connectivity index (χ3n) is 8.19. The van der Waals surface area contributed by atoms with E-state index in [4.69, 9.17) is 4.52 Å². The molecule has 4 heterocycles. The molecule has 35 heavy (non-hydrogen) atoms. The molecule has 1 aromatic rings. The van der Waals surface area contributed by atoms with Crippen LogP contribution in [0.3, 0.4) is 0 Å². The normalized spacial score (nSPS) is 30.7. The van der Waals surface area contributed by atoms with Crippen molar-refractivity contribution in [1.82, 2.24) is 20.3 Å². The van der Waals surface area contributed by atoms with Crippen molar-refractivity contribution in [2.75, 3.05) is 19.6 Å². The van der Waals surface area contributed by atoms with Crippen molar-refractivity contribution in [3.63, 3.8) is 0 Å². The summed E-state index contributed by atoms with van der Waals surface area (Å²) in [6.07, 6.45) is 5.72. The van der Waals surface area contributed by atoms with Crippen LogP contribution in [0.25, 0.3) is 0 Å². The molecule has 3 amide bonds. The molecule has 0 radical (unpaired) electrons. The van der Waals surface area contributed by atoms with E-state index in [1.54, 1.807) is 0 Å². The topological polar surface area (TPSA) is 95.8 Å². The number of aryl methyl sites for hydroxylation is 1. The van der Waals surface area contributed by atoms with Gasteiger partial charge in [-0.3, -0.25) is 14.4 Å². The quantitative estimate of drug-likeness (QED) is 0.707. The zero-order chi connectivity index (χ0) is 25.1. The van der Waals surface area contributed by atoms with Gasteiger partial charge in [-0.15, -0.1) is 0 Å². The van der Waals surface area contributed by atoms with Crippen LogP contribution in [0.1, 0.15) is 77.2 Å². The van der Waals surface area contributed by atoms with E-state index in [2.05, 4.69) is 36.1 Å². The number of rotatable bonds is 3. The Morgan fingerprint density at radius 3 is 2.71 bits per heavy atom. The van der Waals surface area contributed by atoms with Gasteiger partial charge in [-0.05, 0) is 62.7 Å². The van der Waals surface area contributed by atoms with Gasteiger partial charge >= 0.3 is 0 Å². The van der Waals surface area contributed by atoms with Gasteiger partial charge in [0, 0.05) is 50.6 Å². The van der Waals surface area contributed by atoms with Crippen molar-refractivity contribution in [2.45, 2.75) is 91.1 Å². The fraction of sp³-hybridized carbons (Fsp3) is 0.778. The number of nitrogens with zero attached hydrogens (tertiary/aromatic N) is 3. The summed E-state index contributed by atoms with van der Waals surface area (Å²) in [5, 5.41) is 7.14. The molecule has 3 saturated heterocycles. The van der Waals surface area contributed by atoms with E-state index in [0.717, 1.165) is 37.8 Å². The van der Waals surface area contributed by atoms with Crippen molar-refractivity contribution in [3.8, 4) is 0 Å². The second kappa shape index (κ2) is 11.1. The molecule has 8 heteroatoms. The SMILES string of the molecule is Cc1cc(CC(=O)N2C[C@@H]3C[C@@H](C2)[C@@H]2CCCC(=O)N[C@H](C(C)C)CC[C@@H](C)CC(=O)N2C3)on1. The van der Waals surface area contributed by atoms with Gasteiger partial charge in [0.05, 0.1) is 12.1 Å². The highest BCUT2D eigenvalue weighted by atomic mass is 16.5. The summed E-state index contributed by atoms with van der Waals surface area (Å²) in [7, 11) is 0. The predicted octanol–water partition coefficient (Wildman–Crippen LogP) is 3.33. The zero-order valence-electron chi connectivity index (χ0n) is 21.8. The first-order valence-electron chi connectivity index (χ1n) is 13.5. The maximum Gasteiger partial charge on any atom is 0.230 e. The van der Waals surface area contributed by atoms with Crippen LogP contribution in [-0.4, -0.2) is 64.4 Å². The molecule has 0 aromatic carbocycles. The Kier molecular flexibility index (Phi) is 8.17. The van der Waals surface area contributed by atoms with Gasteiger partial charge in [-0.2, -0.15) is 0 Å². The Bertz CT molecular complexity index is 913. The lowest BCUT2D eigenvalue weighted by atomic mass is 9.77. The summed E-state index contributed by atoms with van der Waals surface area (Å²) in [4.78, 5) is 43.3. The molecule has 1 aromatic heterocycles. The largest absolute Gasteiger partial charge is 0.361 e. The minimum Gasteiger partial charge on any atom is -0.361 e. The average Bonchev–Trinajstić information content (AvgIpc) is 3.21. The Balaban J connectivity index is 1.46. The number of aromatic nitrogens is 1. The van der Waals surface area contributed by atoms with Crippen molar-refractivity contribution in [2.24, 2.45) is 23.7 Å². The van der Waals surface area contributed by atoms with Gasteiger partial charge in [-0.25, -0.2) is 0 Å². The Morgan fingerprint density at radius 2 is 2.00 bits per heavy atom. The van der Waals surface area contributed by atoms with Crippen molar-refractivity contribution in [3.05, 3.63) is 17.5 Å². The minimum atomic E-state index is 0.0630. The summed E-state index contributed by atoms with van der Waals surface area (Å²) in [6, 6.07) is 2.06. The third-order valence-corrected chi connectivity index (χ3v) is 8.19. The molecule has 5 atom stereocenters. The maximum atomic E-state index is 13.5. The lowest BCUT2D eigenvalue weighted by Gasteiger charge is -2.51. The number of fused-ring (bicyclic) bond motifs is 4. The van der Waals surface area contributed by atoms with Gasteiger partial charge < -0.3 is 19.6 Å². The summed E-state index contributed by atoms with van der Waals surface area (Å²) in [6.45, 7) is 10.4. The van der Waals surface area contributed by atoms with Gasteiger partial charge in [0.2, 0.25) is 17.7 Å². The van der Waals surface area contributed by atoms with Crippen LogP contribution >= 0.6 is 0 Å². The monoisotopic (exact) mass is 486 g/mol. The van der Waals surface area contributed by atoms with Crippen LogP contribution in [0.5, 0.6) is 0 Å². The molecule has 3 aliphatic heterocycles. The number of carbonyl (C=O) groups excluding carboxylic acids is 3. The second-order valence-corrected chi connectivity index (χ2v) is 11.6. The van der Waals surface area contributed by atoms with Crippen LogP contribution in [0.4, 0.5) is 0 Å². The standard InChI is InChI=1S/C27H42N4O4/c1-17(2)23-9-8-18(3)10-27(34)31-15-20-12-21(24(31)6-5-7-25(32)28-23)16-30(14-20)26(33)13-22-11-19(4)29-35-22/h11,17-18,20-21,23-24H,5-10,12-16H2,1-4H3,(H,28,32)/t18-,20+,21+,23+,24+/m1/s1. The zero-order valence-corrected chi connectivity index (χ0v) is 21.8. The molecule has 0 aliphatic carbocycles. The molecule has 0 unspecified atom stereocenters. The molecule has 4 rings (SSSR count). The van der Waals surface area contributed by atoms with E-state index in [0.29, 0.717) is 50.1 Å². The number of hydrogen-bond acceptors (Lipinski definition) is 5. The van der Waals surface area contributed by atoms with Crippen LogP contribution < -0.4 is 5.32 Å². The number of amides is 3. The van der Waals surface area contributed by atoms with Crippen molar-refractivity contribution in [1.29, 1.82) is 0 Å². The molecule has 0 saturated carbocycles. The fourth-order valence-corrected chi connectivity index (χ4v) is 6.27. The van der Waals surface area contributed by atoms with Crippen molar-refractivity contribution >= 4 is 17.7 Å². The molecule has 194 valence electrons. The number of likely N-dealkylation sites (tertiary alicyclic amines) is 1. The van der Waals surface area contributed by atoms with E-state index < -0.39 is 0 Å². The third kappa shape index (κ3) is 6.44.